The SMILES string of the molecule is O=C1CC2(CCN(C(=O)O)CC2)c2ccc(Br)cc21. The average molecular weight is 324 g/mol. The highest BCUT2D eigenvalue weighted by Gasteiger charge is 2.45. The van der Waals surface area contributed by atoms with E-state index in [9.17, 15) is 9.59 Å². The number of piperidine rings is 1. The van der Waals surface area contributed by atoms with Crippen LogP contribution < -0.4 is 0 Å². The summed E-state index contributed by atoms with van der Waals surface area (Å²) in [7, 11) is 0. The first kappa shape index (κ1) is 12.7. The molecule has 0 bridgehead atoms. The van der Waals surface area contributed by atoms with Gasteiger partial charge in [0.1, 0.15) is 0 Å². The molecule has 1 aromatic carbocycles. The van der Waals surface area contributed by atoms with Crippen LogP contribution in [0, 0.1) is 0 Å². The van der Waals surface area contributed by atoms with Gasteiger partial charge in [0.05, 0.1) is 0 Å². The second-order valence-electron chi connectivity index (χ2n) is 5.34. The summed E-state index contributed by atoms with van der Waals surface area (Å²) < 4.78 is 0.916. The lowest BCUT2D eigenvalue weighted by atomic mass is 9.74. The van der Waals surface area contributed by atoms with E-state index >= 15 is 0 Å². The summed E-state index contributed by atoms with van der Waals surface area (Å²) in [5, 5.41) is 9.01. The van der Waals surface area contributed by atoms with Crippen LogP contribution in [-0.4, -0.2) is 35.0 Å². The molecule has 2 aliphatic rings. The number of carbonyl (C=O) groups excluding carboxylic acids is 1. The smallest absolute Gasteiger partial charge is 0.407 e. The molecule has 1 amide bonds. The molecule has 5 heteroatoms. The largest absolute Gasteiger partial charge is 0.465 e. The number of likely N-dealkylation sites (tertiary alicyclic amines) is 1. The third-order valence-electron chi connectivity index (χ3n) is 4.34. The van der Waals surface area contributed by atoms with E-state index in [1.807, 2.05) is 18.2 Å². The van der Waals surface area contributed by atoms with Crippen LogP contribution in [0.15, 0.2) is 22.7 Å². The van der Waals surface area contributed by atoms with E-state index in [0.29, 0.717) is 19.5 Å². The Morgan fingerprint density at radius 2 is 2.00 bits per heavy atom. The predicted molar refractivity (Wildman–Crippen MR) is 73.6 cm³/mol. The Morgan fingerprint density at radius 1 is 1.32 bits per heavy atom. The van der Waals surface area contributed by atoms with Crippen molar-refractivity contribution in [2.75, 3.05) is 13.1 Å². The van der Waals surface area contributed by atoms with Crippen molar-refractivity contribution in [3.05, 3.63) is 33.8 Å². The Balaban J connectivity index is 1.93. The van der Waals surface area contributed by atoms with E-state index in [0.717, 1.165) is 28.4 Å². The molecule has 0 aromatic heterocycles. The molecule has 1 saturated heterocycles. The number of Topliss-reactive ketones (excluding diaryl/α,β-unsaturated/α-hetero) is 1. The molecule has 0 saturated carbocycles. The minimum Gasteiger partial charge on any atom is -0.465 e. The van der Waals surface area contributed by atoms with Gasteiger partial charge in [-0.2, -0.15) is 0 Å². The molecule has 19 heavy (non-hydrogen) atoms. The highest BCUT2D eigenvalue weighted by molar-refractivity contribution is 9.10. The van der Waals surface area contributed by atoms with E-state index < -0.39 is 6.09 Å². The minimum absolute atomic E-state index is 0.140. The molecule has 100 valence electrons. The first-order chi connectivity index (χ1) is 9.02. The highest BCUT2D eigenvalue weighted by Crippen LogP contribution is 2.46. The van der Waals surface area contributed by atoms with Crippen molar-refractivity contribution >= 4 is 27.8 Å². The maximum atomic E-state index is 12.2. The predicted octanol–water partition coefficient (Wildman–Crippen LogP) is 3.05. The van der Waals surface area contributed by atoms with Crippen molar-refractivity contribution in [1.82, 2.24) is 4.90 Å². The summed E-state index contributed by atoms with van der Waals surface area (Å²) in [6.07, 6.45) is 1.13. The van der Waals surface area contributed by atoms with Crippen molar-refractivity contribution in [2.45, 2.75) is 24.7 Å². The van der Waals surface area contributed by atoms with Gasteiger partial charge in [0, 0.05) is 35.0 Å². The van der Waals surface area contributed by atoms with Gasteiger partial charge in [-0.25, -0.2) is 4.79 Å². The molecule has 1 aliphatic carbocycles. The molecule has 1 fully saturated rings. The zero-order valence-electron chi connectivity index (χ0n) is 10.4. The van der Waals surface area contributed by atoms with Crippen LogP contribution in [0.5, 0.6) is 0 Å². The fraction of sp³-hybridized carbons (Fsp3) is 0.429. The Morgan fingerprint density at radius 3 is 2.63 bits per heavy atom. The zero-order valence-corrected chi connectivity index (χ0v) is 11.9. The molecule has 3 rings (SSSR count). The van der Waals surface area contributed by atoms with Crippen LogP contribution in [0.2, 0.25) is 0 Å². The van der Waals surface area contributed by atoms with Crippen LogP contribution in [-0.2, 0) is 5.41 Å². The van der Waals surface area contributed by atoms with Crippen LogP contribution in [0.4, 0.5) is 4.79 Å². The summed E-state index contributed by atoms with van der Waals surface area (Å²) in [4.78, 5) is 24.6. The molecule has 1 aromatic rings. The number of rotatable bonds is 0. The minimum atomic E-state index is -0.866. The molecular formula is C14H14BrNO3. The number of carboxylic acid groups (broad SMARTS) is 1. The number of ketones is 1. The van der Waals surface area contributed by atoms with Gasteiger partial charge in [0.2, 0.25) is 0 Å². The van der Waals surface area contributed by atoms with Gasteiger partial charge in [-0.15, -0.1) is 0 Å². The van der Waals surface area contributed by atoms with Gasteiger partial charge in [0.15, 0.2) is 5.78 Å². The van der Waals surface area contributed by atoms with Crippen molar-refractivity contribution in [3.63, 3.8) is 0 Å². The number of hydrogen-bond acceptors (Lipinski definition) is 2. The second-order valence-corrected chi connectivity index (χ2v) is 6.26. The lowest BCUT2D eigenvalue weighted by Crippen LogP contribution is -2.43. The lowest BCUT2D eigenvalue weighted by Gasteiger charge is -2.38. The lowest BCUT2D eigenvalue weighted by molar-refractivity contribution is 0.0924. The number of nitrogens with zero attached hydrogens (tertiary/aromatic N) is 1. The third kappa shape index (κ3) is 1.96. The van der Waals surface area contributed by atoms with E-state index in [2.05, 4.69) is 15.9 Å². The van der Waals surface area contributed by atoms with Crippen LogP contribution in [0.3, 0.4) is 0 Å². The monoisotopic (exact) mass is 323 g/mol. The molecule has 0 atom stereocenters. The third-order valence-corrected chi connectivity index (χ3v) is 4.84. The molecule has 0 unspecified atom stereocenters. The van der Waals surface area contributed by atoms with Gasteiger partial charge in [-0.3, -0.25) is 4.79 Å². The van der Waals surface area contributed by atoms with Gasteiger partial charge < -0.3 is 10.0 Å². The fourth-order valence-electron chi connectivity index (χ4n) is 3.28. The Labute approximate surface area is 119 Å². The van der Waals surface area contributed by atoms with Crippen molar-refractivity contribution in [2.24, 2.45) is 0 Å². The van der Waals surface area contributed by atoms with E-state index in [-0.39, 0.29) is 11.2 Å². The Bertz CT molecular complexity index is 562. The number of hydrogen-bond donors (Lipinski definition) is 1. The topological polar surface area (TPSA) is 57.6 Å². The second kappa shape index (κ2) is 4.34. The molecule has 1 spiro atoms. The molecule has 1 N–H and O–H groups in total. The molecule has 1 aliphatic heterocycles. The number of carbonyl (C=O) groups is 2. The molecule has 4 nitrogen and oxygen atoms in total. The summed E-state index contributed by atoms with van der Waals surface area (Å²) in [6.45, 7) is 1.02. The van der Waals surface area contributed by atoms with Crippen LogP contribution in [0.25, 0.3) is 0 Å². The maximum Gasteiger partial charge on any atom is 0.407 e. The quantitative estimate of drug-likeness (QED) is 0.798. The number of benzene rings is 1. The summed E-state index contributed by atoms with van der Waals surface area (Å²) in [6, 6.07) is 5.86. The molecular weight excluding hydrogens is 310 g/mol. The molecule has 0 radical (unpaired) electrons. The van der Waals surface area contributed by atoms with Crippen LogP contribution >= 0.6 is 15.9 Å². The molecule has 1 heterocycles. The summed E-state index contributed by atoms with van der Waals surface area (Å²) >= 11 is 3.40. The number of halogens is 1. The van der Waals surface area contributed by atoms with Crippen molar-refractivity contribution in [1.29, 1.82) is 0 Å². The van der Waals surface area contributed by atoms with Gasteiger partial charge in [-0.1, -0.05) is 22.0 Å². The van der Waals surface area contributed by atoms with E-state index in [4.69, 9.17) is 5.11 Å². The fourth-order valence-corrected chi connectivity index (χ4v) is 3.64. The van der Waals surface area contributed by atoms with Gasteiger partial charge in [-0.05, 0) is 30.5 Å². The van der Waals surface area contributed by atoms with Crippen LogP contribution in [0.1, 0.15) is 35.2 Å². The zero-order chi connectivity index (χ0) is 13.6. The number of amides is 1. The maximum absolute atomic E-state index is 12.2. The van der Waals surface area contributed by atoms with E-state index in [1.54, 1.807) is 0 Å². The van der Waals surface area contributed by atoms with Crippen molar-refractivity contribution in [3.8, 4) is 0 Å². The Hall–Kier alpha value is -1.36. The highest BCUT2D eigenvalue weighted by atomic mass is 79.9. The standard InChI is InChI=1S/C14H14BrNO3/c15-9-1-2-11-10(7-9)12(17)8-14(11)3-5-16(6-4-14)13(18)19/h1-2,7H,3-6,8H2,(H,18,19). The van der Waals surface area contributed by atoms with Gasteiger partial charge >= 0.3 is 6.09 Å². The number of fused-ring (bicyclic) bond motifs is 2. The normalized spacial score (nSPS) is 20.7. The summed E-state index contributed by atoms with van der Waals surface area (Å²) in [5.41, 5.74) is 1.77. The Kier molecular flexibility index (Phi) is 2.89. The average Bonchev–Trinajstić information content (AvgIpc) is 2.63. The van der Waals surface area contributed by atoms with E-state index in [1.165, 1.54) is 4.90 Å². The first-order valence-corrected chi connectivity index (χ1v) is 7.12. The summed E-state index contributed by atoms with van der Waals surface area (Å²) in [5.74, 6) is 0.181. The van der Waals surface area contributed by atoms with Gasteiger partial charge in [0.25, 0.3) is 0 Å². The van der Waals surface area contributed by atoms with Crippen molar-refractivity contribution < 1.29 is 14.7 Å². The first-order valence-electron chi connectivity index (χ1n) is 6.33.